The fourth-order valence-electron chi connectivity index (χ4n) is 2.24. The average molecular weight is 436 g/mol. The van der Waals surface area contributed by atoms with Gasteiger partial charge in [0.15, 0.2) is 12.4 Å². The van der Waals surface area contributed by atoms with Gasteiger partial charge in [-0.05, 0) is 46.6 Å². The summed E-state index contributed by atoms with van der Waals surface area (Å²) in [6.07, 6.45) is 2.68. The zero-order valence-electron chi connectivity index (χ0n) is 15.0. The first-order valence-electron chi connectivity index (χ1n) is 7.86. The number of allylic oxidation sites excluding steroid dienone is 1. The molecule has 1 aromatic carbocycles. The molecule has 8 heteroatoms. The maximum absolute atomic E-state index is 12.4. The van der Waals surface area contributed by atoms with E-state index in [1.807, 2.05) is 0 Å². The number of ketones is 1. The van der Waals surface area contributed by atoms with Gasteiger partial charge in [0.05, 0.1) is 11.6 Å². The Hall–Kier alpha value is -2.87. The van der Waals surface area contributed by atoms with E-state index in [0.29, 0.717) is 21.5 Å². The second-order valence-electron chi connectivity index (χ2n) is 5.62. The third-order valence-corrected chi connectivity index (χ3v) is 4.85. The van der Waals surface area contributed by atoms with Crippen molar-refractivity contribution in [3.05, 3.63) is 62.0 Å². The molecule has 1 aromatic heterocycles. The van der Waals surface area contributed by atoms with E-state index >= 15 is 0 Å². The first-order valence-corrected chi connectivity index (χ1v) is 8.65. The molecule has 0 aliphatic rings. The van der Waals surface area contributed by atoms with Crippen molar-refractivity contribution in [2.45, 2.75) is 6.92 Å². The lowest BCUT2D eigenvalue weighted by Crippen LogP contribution is -2.25. The van der Waals surface area contributed by atoms with Crippen LogP contribution < -0.4 is 10.3 Å². The van der Waals surface area contributed by atoms with Crippen molar-refractivity contribution in [3.8, 4) is 11.5 Å². The lowest BCUT2D eigenvalue weighted by Gasteiger charge is -2.10. The summed E-state index contributed by atoms with van der Waals surface area (Å²) in [6.45, 7) is 1.42. The van der Waals surface area contributed by atoms with Crippen LogP contribution in [-0.2, 0) is 16.6 Å². The van der Waals surface area contributed by atoms with E-state index in [-0.39, 0.29) is 17.9 Å². The molecule has 0 aliphatic heterocycles. The topological polar surface area (TPSA) is 94.8 Å². The van der Waals surface area contributed by atoms with Crippen LogP contribution in [0.4, 0.5) is 0 Å². The molecule has 0 bridgehead atoms. The summed E-state index contributed by atoms with van der Waals surface area (Å²) >= 11 is 3.18. The van der Waals surface area contributed by atoms with E-state index in [0.717, 1.165) is 0 Å². The van der Waals surface area contributed by atoms with Gasteiger partial charge in [0, 0.05) is 12.7 Å². The van der Waals surface area contributed by atoms with Crippen LogP contribution in [0.1, 0.15) is 21.6 Å². The Morgan fingerprint density at radius 2 is 2.04 bits per heavy atom. The molecule has 0 unspecified atom stereocenters. The van der Waals surface area contributed by atoms with Crippen molar-refractivity contribution in [2.24, 2.45) is 7.05 Å². The third-order valence-electron chi connectivity index (χ3n) is 3.90. The molecule has 0 radical (unpaired) electrons. The Kier molecular flexibility index (Phi) is 6.57. The van der Waals surface area contributed by atoms with Gasteiger partial charge in [-0.25, -0.2) is 4.79 Å². The summed E-state index contributed by atoms with van der Waals surface area (Å²) in [7, 11) is 2.78. The number of aromatic hydroxyl groups is 1. The Labute approximate surface area is 164 Å². The third kappa shape index (κ3) is 4.65. The smallest absolute Gasteiger partial charge is 0.343 e. The molecule has 27 heavy (non-hydrogen) atoms. The number of pyridine rings is 1. The zero-order valence-corrected chi connectivity index (χ0v) is 16.6. The molecule has 2 rings (SSSR count). The van der Waals surface area contributed by atoms with Crippen molar-refractivity contribution < 1.29 is 24.2 Å². The summed E-state index contributed by atoms with van der Waals surface area (Å²) in [6, 6.07) is 6.68. The second-order valence-corrected chi connectivity index (χ2v) is 6.42. The minimum atomic E-state index is -0.630. The van der Waals surface area contributed by atoms with Gasteiger partial charge in [-0.15, -0.1) is 0 Å². The predicted octanol–water partition coefficient (Wildman–Crippen LogP) is 2.61. The molecule has 0 atom stereocenters. The lowest BCUT2D eigenvalue weighted by molar-refractivity contribution is -0.142. The van der Waals surface area contributed by atoms with Crippen LogP contribution in [0.5, 0.6) is 11.5 Å². The minimum Gasteiger partial charge on any atom is -0.506 e. The van der Waals surface area contributed by atoms with Crippen LogP contribution in [0.15, 0.2) is 39.6 Å². The van der Waals surface area contributed by atoms with Crippen molar-refractivity contribution >= 4 is 33.8 Å². The number of benzene rings is 1. The highest BCUT2D eigenvalue weighted by Crippen LogP contribution is 2.29. The van der Waals surface area contributed by atoms with Crippen molar-refractivity contribution in [1.29, 1.82) is 0 Å². The van der Waals surface area contributed by atoms with Crippen molar-refractivity contribution in [1.82, 2.24) is 4.57 Å². The van der Waals surface area contributed by atoms with Crippen molar-refractivity contribution in [3.63, 3.8) is 0 Å². The monoisotopic (exact) mass is 435 g/mol. The van der Waals surface area contributed by atoms with E-state index < -0.39 is 17.3 Å². The van der Waals surface area contributed by atoms with Gasteiger partial charge in [-0.1, -0.05) is 18.2 Å². The number of hydrogen-bond acceptors (Lipinski definition) is 6. The molecular formula is C19H18BrNO6. The number of halogens is 1. The maximum atomic E-state index is 12.4. The summed E-state index contributed by atoms with van der Waals surface area (Å²) in [5.41, 5.74) is 0.226. The SMILES string of the molecule is COC(=O)COc1cccc(/C=C/C(=O)c2c(O)c(Br)c(C)n(C)c2=O)c1. The summed E-state index contributed by atoms with van der Waals surface area (Å²) in [5.74, 6) is -1.11. The van der Waals surface area contributed by atoms with Gasteiger partial charge < -0.3 is 19.1 Å². The van der Waals surface area contributed by atoms with Crippen LogP contribution in [0.2, 0.25) is 0 Å². The molecule has 1 heterocycles. The quantitative estimate of drug-likeness (QED) is 0.425. The molecular weight excluding hydrogens is 418 g/mol. The molecule has 0 aliphatic carbocycles. The van der Waals surface area contributed by atoms with Gasteiger partial charge in [0.25, 0.3) is 5.56 Å². The number of hydrogen-bond donors (Lipinski definition) is 1. The van der Waals surface area contributed by atoms with E-state index in [2.05, 4.69) is 20.7 Å². The van der Waals surface area contributed by atoms with Crippen LogP contribution in [0.3, 0.4) is 0 Å². The molecule has 0 saturated heterocycles. The Morgan fingerprint density at radius 1 is 1.33 bits per heavy atom. The normalized spacial score (nSPS) is 10.8. The molecule has 7 nitrogen and oxygen atoms in total. The standard InChI is InChI=1S/C19H18BrNO6/c1-11-17(20)18(24)16(19(25)21(11)2)14(22)8-7-12-5-4-6-13(9-12)27-10-15(23)26-3/h4-9,24H,10H2,1-3H3/b8-7+. The zero-order chi connectivity index (χ0) is 20.1. The molecule has 142 valence electrons. The number of ether oxygens (including phenoxy) is 2. The van der Waals surface area contributed by atoms with Crippen LogP contribution in [0, 0.1) is 6.92 Å². The van der Waals surface area contributed by atoms with E-state index in [9.17, 15) is 19.5 Å². The Morgan fingerprint density at radius 3 is 2.70 bits per heavy atom. The number of nitrogens with zero attached hydrogens (tertiary/aromatic N) is 1. The number of carbonyl (C=O) groups excluding carboxylic acids is 2. The van der Waals surface area contributed by atoms with Gasteiger partial charge in [0.2, 0.25) is 0 Å². The highest BCUT2D eigenvalue weighted by atomic mass is 79.9. The van der Waals surface area contributed by atoms with Crippen LogP contribution in [0.25, 0.3) is 6.08 Å². The van der Waals surface area contributed by atoms with E-state index in [1.165, 1.54) is 30.9 Å². The fourth-order valence-corrected chi connectivity index (χ4v) is 2.70. The molecule has 0 spiro atoms. The van der Waals surface area contributed by atoms with Crippen molar-refractivity contribution in [2.75, 3.05) is 13.7 Å². The molecule has 0 amide bonds. The lowest BCUT2D eigenvalue weighted by atomic mass is 10.1. The first kappa shape index (κ1) is 20.4. The molecule has 0 fully saturated rings. The maximum Gasteiger partial charge on any atom is 0.343 e. The van der Waals surface area contributed by atoms with Crippen LogP contribution >= 0.6 is 15.9 Å². The Balaban J connectivity index is 2.26. The Bertz CT molecular complexity index is 977. The number of methoxy groups -OCH3 is 1. The largest absolute Gasteiger partial charge is 0.506 e. The molecule has 1 N–H and O–H groups in total. The predicted molar refractivity (Wildman–Crippen MR) is 103 cm³/mol. The molecule has 0 saturated carbocycles. The van der Waals surface area contributed by atoms with Crippen LogP contribution in [-0.4, -0.2) is 35.1 Å². The highest BCUT2D eigenvalue weighted by Gasteiger charge is 2.20. The minimum absolute atomic E-state index is 0.232. The number of aromatic nitrogens is 1. The summed E-state index contributed by atoms with van der Waals surface area (Å²) in [5, 5.41) is 10.2. The van der Waals surface area contributed by atoms with Gasteiger partial charge in [0.1, 0.15) is 17.1 Å². The summed E-state index contributed by atoms with van der Waals surface area (Å²) in [4.78, 5) is 35.9. The summed E-state index contributed by atoms with van der Waals surface area (Å²) < 4.78 is 11.4. The van der Waals surface area contributed by atoms with E-state index in [1.54, 1.807) is 31.2 Å². The number of esters is 1. The van der Waals surface area contributed by atoms with Gasteiger partial charge in [-0.3, -0.25) is 9.59 Å². The highest BCUT2D eigenvalue weighted by molar-refractivity contribution is 9.10. The number of carbonyl (C=O) groups is 2. The van der Waals surface area contributed by atoms with Gasteiger partial charge in [-0.2, -0.15) is 0 Å². The molecule has 2 aromatic rings. The average Bonchev–Trinajstić information content (AvgIpc) is 2.67. The first-order chi connectivity index (χ1) is 12.8. The number of rotatable bonds is 6. The fraction of sp³-hybridized carbons (Fsp3) is 0.211. The second kappa shape index (κ2) is 8.68. The van der Waals surface area contributed by atoms with E-state index in [4.69, 9.17) is 4.74 Å². The van der Waals surface area contributed by atoms with Gasteiger partial charge >= 0.3 is 5.97 Å².